The second-order valence-electron chi connectivity index (χ2n) is 4.63. The Morgan fingerprint density at radius 3 is 2.45 bits per heavy atom. The highest BCUT2D eigenvalue weighted by Crippen LogP contribution is 2.16. The maximum Gasteiger partial charge on any atom is 0.251 e. The van der Waals surface area contributed by atoms with E-state index in [1.54, 1.807) is 31.4 Å². The quantitative estimate of drug-likeness (QED) is 0.887. The van der Waals surface area contributed by atoms with Crippen LogP contribution in [0.1, 0.15) is 15.9 Å². The minimum atomic E-state index is -0.885. The smallest absolute Gasteiger partial charge is 0.251 e. The molecule has 0 atom stereocenters. The van der Waals surface area contributed by atoms with Gasteiger partial charge in [-0.25, -0.2) is 4.39 Å². The molecular formula is C16H15FN2O3. The molecule has 0 bridgehead atoms. The maximum absolute atomic E-state index is 13.4. The van der Waals surface area contributed by atoms with Crippen molar-refractivity contribution in [3.05, 3.63) is 59.4 Å². The summed E-state index contributed by atoms with van der Waals surface area (Å²) < 4.78 is 18.4. The average Bonchev–Trinajstić information content (AvgIpc) is 2.49. The number of nitrogens with one attached hydrogen (secondary N) is 1. The predicted molar refractivity (Wildman–Crippen MR) is 80.2 cm³/mol. The summed E-state index contributed by atoms with van der Waals surface area (Å²) in [5.74, 6) is -1.19. The number of carbonyl (C=O) groups is 2. The zero-order valence-electron chi connectivity index (χ0n) is 11.9. The molecule has 0 spiro atoms. The molecule has 0 fully saturated rings. The third kappa shape index (κ3) is 3.82. The summed E-state index contributed by atoms with van der Waals surface area (Å²) in [6, 6.07) is 10.7. The molecule has 6 heteroatoms. The van der Waals surface area contributed by atoms with Crippen LogP contribution in [0.4, 0.5) is 10.1 Å². The van der Waals surface area contributed by atoms with E-state index in [4.69, 9.17) is 10.5 Å². The van der Waals surface area contributed by atoms with Crippen molar-refractivity contribution in [2.75, 3.05) is 12.4 Å². The van der Waals surface area contributed by atoms with Crippen molar-refractivity contribution in [1.29, 1.82) is 0 Å². The first-order chi connectivity index (χ1) is 10.5. The van der Waals surface area contributed by atoms with Crippen LogP contribution < -0.4 is 15.8 Å². The van der Waals surface area contributed by atoms with Crippen LogP contribution in [0.15, 0.2) is 42.5 Å². The number of anilines is 1. The average molecular weight is 302 g/mol. The van der Waals surface area contributed by atoms with E-state index in [1.165, 1.54) is 12.1 Å². The molecule has 0 aliphatic carbocycles. The molecule has 0 saturated heterocycles. The van der Waals surface area contributed by atoms with Crippen molar-refractivity contribution in [3.63, 3.8) is 0 Å². The molecule has 114 valence electrons. The second-order valence-corrected chi connectivity index (χ2v) is 4.63. The molecule has 22 heavy (non-hydrogen) atoms. The van der Waals surface area contributed by atoms with Crippen LogP contribution in [0, 0.1) is 5.82 Å². The number of halogens is 1. The normalized spacial score (nSPS) is 10.1. The number of ether oxygens (including phenoxy) is 1. The van der Waals surface area contributed by atoms with Gasteiger partial charge in [-0.3, -0.25) is 9.59 Å². The largest absolute Gasteiger partial charge is 0.497 e. The van der Waals surface area contributed by atoms with Gasteiger partial charge >= 0.3 is 0 Å². The van der Waals surface area contributed by atoms with Gasteiger partial charge in [-0.1, -0.05) is 12.1 Å². The van der Waals surface area contributed by atoms with Crippen LogP contribution in [0.25, 0.3) is 0 Å². The standard InChI is InChI=1S/C16H15FN2O3/c1-22-12-5-2-10(3-6-12)8-15(20)19-11-4-7-14(17)13(9-11)16(18)21/h2-7,9H,8H2,1H3,(H2,18,21)(H,19,20). The van der Waals surface area contributed by atoms with E-state index in [0.29, 0.717) is 11.4 Å². The zero-order chi connectivity index (χ0) is 16.1. The monoisotopic (exact) mass is 302 g/mol. The fourth-order valence-electron chi connectivity index (χ4n) is 1.93. The summed E-state index contributed by atoms with van der Waals surface area (Å²) in [5, 5.41) is 2.60. The first-order valence-electron chi connectivity index (χ1n) is 6.51. The summed E-state index contributed by atoms with van der Waals surface area (Å²) >= 11 is 0. The summed E-state index contributed by atoms with van der Waals surface area (Å²) in [6.07, 6.45) is 0.146. The Kier molecular flexibility index (Phi) is 4.73. The van der Waals surface area contributed by atoms with E-state index in [0.717, 1.165) is 11.6 Å². The van der Waals surface area contributed by atoms with Crippen LogP contribution >= 0.6 is 0 Å². The van der Waals surface area contributed by atoms with Crippen LogP contribution in [0.3, 0.4) is 0 Å². The van der Waals surface area contributed by atoms with Crippen LogP contribution in [-0.2, 0) is 11.2 Å². The number of nitrogens with two attached hydrogens (primary N) is 1. The lowest BCUT2D eigenvalue weighted by molar-refractivity contribution is -0.115. The number of methoxy groups -OCH3 is 1. The van der Waals surface area contributed by atoms with E-state index in [9.17, 15) is 14.0 Å². The highest BCUT2D eigenvalue weighted by atomic mass is 19.1. The molecule has 0 aromatic heterocycles. The van der Waals surface area contributed by atoms with E-state index in [-0.39, 0.29) is 17.9 Å². The lowest BCUT2D eigenvalue weighted by Crippen LogP contribution is -2.17. The predicted octanol–water partition coefficient (Wildman–Crippen LogP) is 2.11. The van der Waals surface area contributed by atoms with E-state index in [1.807, 2.05) is 0 Å². The molecule has 2 rings (SSSR count). The number of amides is 2. The second kappa shape index (κ2) is 6.71. The maximum atomic E-state index is 13.4. The Balaban J connectivity index is 2.05. The zero-order valence-corrected chi connectivity index (χ0v) is 11.9. The summed E-state index contributed by atoms with van der Waals surface area (Å²) in [4.78, 5) is 23.0. The van der Waals surface area contributed by atoms with E-state index < -0.39 is 11.7 Å². The molecule has 2 aromatic rings. The van der Waals surface area contributed by atoms with Gasteiger partial charge in [-0.05, 0) is 35.9 Å². The van der Waals surface area contributed by atoms with Crippen LogP contribution in [0.5, 0.6) is 5.75 Å². The third-order valence-corrected chi connectivity index (χ3v) is 3.04. The number of carbonyl (C=O) groups excluding carboxylic acids is 2. The fraction of sp³-hybridized carbons (Fsp3) is 0.125. The molecule has 0 saturated carbocycles. The van der Waals surface area contributed by atoms with Crippen molar-refractivity contribution in [2.24, 2.45) is 5.73 Å². The van der Waals surface area contributed by atoms with Crippen molar-refractivity contribution < 1.29 is 18.7 Å². The SMILES string of the molecule is COc1ccc(CC(=O)Nc2ccc(F)c(C(N)=O)c2)cc1. The molecule has 0 aliphatic heterocycles. The minimum absolute atomic E-state index is 0.146. The molecule has 3 N–H and O–H groups in total. The number of hydrogen-bond acceptors (Lipinski definition) is 3. The van der Waals surface area contributed by atoms with Gasteiger partial charge in [-0.2, -0.15) is 0 Å². The molecule has 0 radical (unpaired) electrons. The van der Waals surface area contributed by atoms with Gasteiger partial charge in [-0.15, -0.1) is 0 Å². The first kappa shape index (κ1) is 15.5. The van der Waals surface area contributed by atoms with Crippen molar-refractivity contribution >= 4 is 17.5 Å². The Hall–Kier alpha value is -2.89. The van der Waals surface area contributed by atoms with Gasteiger partial charge in [0.1, 0.15) is 11.6 Å². The molecule has 2 aromatic carbocycles. The van der Waals surface area contributed by atoms with Gasteiger partial charge in [0.25, 0.3) is 5.91 Å². The minimum Gasteiger partial charge on any atom is -0.497 e. The number of rotatable bonds is 5. The Bertz CT molecular complexity index is 699. The molecule has 2 amide bonds. The van der Waals surface area contributed by atoms with E-state index >= 15 is 0 Å². The summed E-state index contributed by atoms with van der Waals surface area (Å²) in [5.41, 5.74) is 5.91. The lowest BCUT2D eigenvalue weighted by Gasteiger charge is -2.07. The topological polar surface area (TPSA) is 81.4 Å². The van der Waals surface area contributed by atoms with Crippen molar-refractivity contribution in [2.45, 2.75) is 6.42 Å². The summed E-state index contributed by atoms with van der Waals surface area (Å²) in [7, 11) is 1.56. The highest BCUT2D eigenvalue weighted by molar-refractivity contribution is 5.97. The number of hydrogen-bond donors (Lipinski definition) is 2. The van der Waals surface area contributed by atoms with Crippen molar-refractivity contribution in [1.82, 2.24) is 0 Å². The van der Waals surface area contributed by atoms with Crippen molar-refractivity contribution in [3.8, 4) is 5.75 Å². The lowest BCUT2D eigenvalue weighted by atomic mass is 10.1. The van der Waals surface area contributed by atoms with Gasteiger partial charge in [0, 0.05) is 5.69 Å². The number of primary amides is 1. The third-order valence-electron chi connectivity index (χ3n) is 3.04. The molecule has 0 heterocycles. The Labute approximate surface area is 126 Å². The Morgan fingerprint density at radius 2 is 1.86 bits per heavy atom. The van der Waals surface area contributed by atoms with Gasteiger partial charge in [0.05, 0.1) is 19.1 Å². The van der Waals surface area contributed by atoms with Gasteiger partial charge < -0.3 is 15.8 Å². The molecule has 0 aliphatic rings. The molecule has 5 nitrogen and oxygen atoms in total. The van der Waals surface area contributed by atoms with Gasteiger partial charge in [0.15, 0.2) is 0 Å². The fourth-order valence-corrected chi connectivity index (χ4v) is 1.93. The summed E-state index contributed by atoms with van der Waals surface area (Å²) in [6.45, 7) is 0. The highest BCUT2D eigenvalue weighted by Gasteiger charge is 2.11. The molecular weight excluding hydrogens is 287 g/mol. The van der Waals surface area contributed by atoms with Gasteiger partial charge in [0.2, 0.25) is 5.91 Å². The van der Waals surface area contributed by atoms with Crippen LogP contribution in [0.2, 0.25) is 0 Å². The first-order valence-corrected chi connectivity index (χ1v) is 6.51. The van der Waals surface area contributed by atoms with E-state index in [2.05, 4.69) is 5.32 Å². The molecule has 0 unspecified atom stereocenters. The number of benzene rings is 2. The van der Waals surface area contributed by atoms with Crippen LogP contribution in [-0.4, -0.2) is 18.9 Å². The Morgan fingerprint density at radius 1 is 1.18 bits per heavy atom.